The van der Waals surface area contributed by atoms with E-state index in [1.807, 2.05) is 0 Å². The van der Waals surface area contributed by atoms with Crippen molar-refractivity contribution in [2.75, 3.05) is 19.8 Å². The standard InChI is InChI=1S/C54H54O27/c55-27-9-1-24(2-10-27)5-15-39(61)72-21-35-42(64)46(68)49(71)53(79-35)81-51-47(69)44(66)37(22-73-40(62)16-6-25-3-11-28(56)12-4-25)80-54(51)77-34-19-31-32(75-50(34)26-7-13-29(57)14-8-26)17-30(58)18-33(31)76-52-48(70)45(67)43(65)36(78-52)23-74-41(63)20-38(59)60/h1-19,35-37,42-49,51-57,64-71H,20-23H2,(H,59,60)/t35-,36-,37-,42-,43-,44-,45+,46+,47+,48-,49-,51-,52-,53+,54-/m1/s1. The number of hydrogen-bond acceptors (Lipinski definition) is 26. The van der Waals surface area contributed by atoms with Gasteiger partial charge in [-0.05, 0) is 77.9 Å². The number of aliphatic hydroxyl groups is 8. The van der Waals surface area contributed by atoms with E-state index >= 15 is 0 Å². The van der Waals surface area contributed by atoms with Gasteiger partial charge >= 0.3 is 23.9 Å². The highest BCUT2D eigenvalue weighted by Crippen LogP contribution is 2.43. The van der Waals surface area contributed by atoms with Crippen molar-refractivity contribution in [3.8, 4) is 51.4 Å². The summed E-state index contributed by atoms with van der Waals surface area (Å²) < 4.78 is 57.7. The number of rotatable bonds is 19. The number of aromatic hydroxyl groups is 3. The van der Waals surface area contributed by atoms with Gasteiger partial charge in [-0.1, -0.05) is 24.3 Å². The lowest BCUT2D eigenvalue weighted by molar-refractivity contribution is -0.358. The predicted molar refractivity (Wildman–Crippen MR) is 268 cm³/mol. The third-order valence-electron chi connectivity index (χ3n) is 12.8. The largest absolute Gasteiger partial charge is 0.508 e. The fourth-order valence-corrected chi connectivity index (χ4v) is 8.44. The molecule has 27 nitrogen and oxygen atoms in total. The van der Waals surface area contributed by atoms with Crippen LogP contribution in [0.4, 0.5) is 0 Å². The van der Waals surface area contributed by atoms with Crippen LogP contribution in [0.15, 0.2) is 112 Å². The minimum atomic E-state index is -2.15. The van der Waals surface area contributed by atoms with E-state index in [4.69, 9.17) is 52.2 Å². The first kappa shape index (κ1) is 59.1. The van der Waals surface area contributed by atoms with Crippen molar-refractivity contribution in [2.45, 2.75) is 98.5 Å². The molecule has 0 spiro atoms. The Kier molecular flexibility index (Phi) is 19.0. The van der Waals surface area contributed by atoms with Crippen molar-refractivity contribution >= 4 is 36.0 Å². The second-order valence-corrected chi connectivity index (χ2v) is 18.6. The topological polar surface area (TPSA) is 424 Å². The maximum atomic E-state index is 13.3. The van der Waals surface area contributed by atoms with Crippen LogP contribution in [0.5, 0.6) is 28.7 Å². The Hall–Kier alpha value is -8.03. The minimum absolute atomic E-state index is 0.0208. The number of phenolic OH excluding ortho intramolecular Hbond substituents is 3. The molecule has 3 saturated heterocycles. The second-order valence-electron chi connectivity index (χ2n) is 18.6. The summed E-state index contributed by atoms with van der Waals surface area (Å²) in [6.45, 7) is -2.37. The number of hydrogen-bond donors (Lipinski definition) is 12. The zero-order valence-corrected chi connectivity index (χ0v) is 41.9. The van der Waals surface area contributed by atoms with Crippen LogP contribution in [0.3, 0.4) is 0 Å². The van der Waals surface area contributed by atoms with E-state index < -0.39 is 159 Å². The number of carboxylic acids is 1. The Bertz CT molecular complexity index is 3070. The number of carboxylic acid groups (broad SMARTS) is 1. The first-order valence-corrected chi connectivity index (χ1v) is 24.6. The maximum absolute atomic E-state index is 13.3. The van der Waals surface area contributed by atoms with E-state index in [0.29, 0.717) is 11.1 Å². The summed E-state index contributed by atoms with van der Waals surface area (Å²) in [6.07, 6.45) is -25.7. The van der Waals surface area contributed by atoms with Crippen LogP contribution in [0.2, 0.25) is 0 Å². The highest BCUT2D eigenvalue weighted by Gasteiger charge is 2.53. The van der Waals surface area contributed by atoms with Crippen LogP contribution in [-0.4, -0.2) is 197 Å². The van der Waals surface area contributed by atoms with E-state index in [0.717, 1.165) is 24.3 Å². The molecule has 27 heteroatoms. The van der Waals surface area contributed by atoms with Gasteiger partial charge in [0, 0.05) is 29.8 Å². The molecule has 4 aliphatic heterocycles. The van der Waals surface area contributed by atoms with Gasteiger partial charge in [0.15, 0.2) is 29.3 Å². The van der Waals surface area contributed by atoms with E-state index in [1.54, 1.807) is 0 Å². The average Bonchev–Trinajstić information content (AvgIpc) is 3.51. The normalized spacial score (nSPS) is 28.6. The van der Waals surface area contributed by atoms with Gasteiger partial charge in [0.25, 0.3) is 0 Å². The van der Waals surface area contributed by atoms with Crippen molar-refractivity contribution in [1.82, 2.24) is 0 Å². The number of carbonyl (C=O) groups is 4. The molecule has 0 amide bonds. The highest BCUT2D eigenvalue weighted by atomic mass is 16.8. The van der Waals surface area contributed by atoms with Crippen LogP contribution < -0.4 is 14.9 Å². The van der Waals surface area contributed by atoms with Crippen molar-refractivity contribution < 1.29 is 128 Å². The summed E-state index contributed by atoms with van der Waals surface area (Å²) in [4.78, 5) is 62.0. The van der Waals surface area contributed by atoms with Crippen LogP contribution in [0.25, 0.3) is 34.8 Å². The summed E-state index contributed by atoms with van der Waals surface area (Å²) in [5.41, 5.74) is 0.172. The molecule has 0 aromatic heterocycles. The van der Waals surface area contributed by atoms with Crippen molar-refractivity contribution in [1.29, 1.82) is 0 Å². The lowest BCUT2D eigenvalue weighted by atomic mass is 9.97. The molecule has 0 unspecified atom stereocenters. The molecule has 0 radical (unpaired) electrons. The van der Waals surface area contributed by atoms with Gasteiger partial charge in [0.2, 0.25) is 12.6 Å². The molecule has 3 fully saturated rings. The van der Waals surface area contributed by atoms with Gasteiger partial charge in [-0.3, -0.25) is 14.4 Å². The van der Waals surface area contributed by atoms with E-state index in [2.05, 4.69) is 0 Å². The molecule has 81 heavy (non-hydrogen) atoms. The fraction of sp³-hybridized carbons (Fsp3) is 0.352. The molecular formula is C54H54O27. The monoisotopic (exact) mass is 1130 g/mol. The van der Waals surface area contributed by atoms with Crippen LogP contribution in [0, 0.1) is 0 Å². The molecule has 5 aliphatic rings. The van der Waals surface area contributed by atoms with E-state index in [1.165, 1.54) is 91.0 Å². The number of benzene rings is 4. The van der Waals surface area contributed by atoms with Gasteiger partial charge in [-0.2, -0.15) is 0 Å². The molecule has 8 rings (SSSR count). The average molecular weight is 1130 g/mol. The third-order valence-corrected chi connectivity index (χ3v) is 12.8. The molecule has 432 valence electrons. The number of phenols is 3. The number of fused-ring (bicyclic) bond motifs is 1. The zero-order chi connectivity index (χ0) is 58.2. The Balaban J connectivity index is 1.12. The number of ether oxygens (including phenoxy) is 9. The number of aliphatic hydroxyl groups excluding tert-OH is 8. The first-order valence-electron chi connectivity index (χ1n) is 24.6. The Morgan fingerprint density at radius 1 is 0.506 bits per heavy atom. The number of esters is 3. The smallest absolute Gasteiger partial charge is 0.330 e. The minimum Gasteiger partial charge on any atom is -0.508 e. The molecule has 0 saturated carbocycles. The van der Waals surface area contributed by atoms with Crippen LogP contribution in [-0.2, 0) is 52.3 Å². The predicted octanol–water partition coefficient (Wildman–Crippen LogP) is -0.736. The van der Waals surface area contributed by atoms with Crippen molar-refractivity contribution in [3.05, 3.63) is 124 Å². The third kappa shape index (κ3) is 14.7. The van der Waals surface area contributed by atoms with Crippen LogP contribution in [0.1, 0.15) is 17.5 Å². The summed E-state index contributed by atoms with van der Waals surface area (Å²) in [7, 11) is 0. The molecule has 4 heterocycles. The Morgan fingerprint density at radius 2 is 0.963 bits per heavy atom. The van der Waals surface area contributed by atoms with Gasteiger partial charge in [0.05, 0.1) is 5.56 Å². The lowest BCUT2D eigenvalue weighted by Crippen LogP contribution is -2.65. The molecule has 12 N–H and O–H groups in total. The SMILES string of the molecule is O=C(O)CC(=O)OC[C@H]1O[C@@H](Oc2cc(=O)cc3oc(-c4ccc(O)cc4)c(O[C@@H]4O[C@H](COC(=O)C=Cc5ccc(O)cc5)[C@@H](O)[C@H](O)[C@H]4O[C@@H]4O[C@H](COC(=O)C=Cc5ccc(O)cc5)[C@@H](O)[C@H](O)[C@H]4O)cc2-3)[C@H](O)[C@@H](O)[C@@H]1O. The molecule has 3 aromatic rings. The quantitative estimate of drug-likeness (QED) is 0.0210. The number of aliphatic carboxylic acids is 1. The van der Waals surface area contributed by atoms with E-state index in [-0.39, 0.29) is 39.9 Å². The lowest BCUT2D eigenvalue weighted by Gasteiger charge is -2.46. The zero-order valence-electron chi connectivity index (χ0n) is 41.9. The van der Waals surface area contributed by atoms with Gasteiger partial charge < -0.3 is 108 Å². The van der Waals surface area contributed by atoms with Gasteiger partial charge in [-0.15, -0.1) is 0 Å². The number of carbonyl (C=O) groups excluding carboxylic acids is 3. The van der Waals surface area contributed by atoms with E-state index in [9.17, 15) is 80.1 Å². The fourth-order valence-electron chi connectivity index (χ4n) is 8.44. The summed E-state index contributed by atoms with van der Waals surface area (Å²) >= 11 is 0. The maximum Gasteiger partial charge on any atom is 0.330 e. The summed E-state index contributed by atoms with van der Waals surface area (Å²) in [5, 5.41) is 127. The Morgan fingerprint density at radius 3 is 1.49 bits per heavy atom. The van der Waals surface area contributed by atoms with Gasteiger partial charge in [0.1, 0.15) is 122 Å². The molecule has 3 aromatic carbocycles. The van der Waals surface area contributed by atoms with Crippen molar-refractivity contribution in [2.24, 2.45) is 0 Å². The summed E-state index contributed by atoms with van der Waals surface area (Å²) in [6, 6.07) is 19.8. The molecule has 1 aliphatic carbocycles. The van der Waals surface area contributed by atoms with Gasteiger partial charge in [-0.25, -0.2) is 9.59 Å². The Labute approximate surface area is 456 Å². The molecule has 0 bridgehead atoms. The first-order chi connectivity index (χ1) is 38.6. The second kappa shape index (κ2) is 26.0. The highest BCUT2D eigenvalue weighted by molar-refractivity contribution is 5.90. The van der Waals surface area contributed by atoms with Crippen molar-refractivity contribution in [3.63, 3.8) is 0 Å². The molecular weight excluding hydrogens is 1080 g/mol. The molecule has 15 atom stereocenters. The van der Waals surface area contributed by atoms with Crippen LogP contribution >= 0.6 is 0 Å². The summed E-state index contributed by atoms with van der Waals surface area (Å²) in [5.74, 6) is -6.31.